The number of aryl methyl sites for hydroxylation is 1. The number of esters is 1. The molecule has 0 spiro atoms. The SMILES string of the molecule is Cc1cccc(C(C(=O)NC(Cc2ccccc2)C(=O)OC(C)(C)C)N(CCO)C(=O)C(CO)NC(=O)OC(C)(C)C)c1C. The quantitative estimate of drug-likeness (QED) is 0.266. The van der Waals surface area contributed by atoms with Crippen molar-refractivity contribution in [1.29, 1.82) is 0 Å². The van der Waals surface area contributed by atoms with Crippen LogP contribution in [0.4, 0.5) is 4.79 Å². The smallest absolute Gasteiger partial charge is 0.408 e. The molecule has 44 heavy (non-hydrogen) atoms. The average molecular weight is 614 g/mol. The van der Waals surface area contributed by atoms with E-state index in [1.54, 1.807) is 60.6 Å². The fourth-order valence-electron chi connectivity index (χ4n) is 4.50. The molecule has 0 aliphatic heterocycles. The van der Waals surface area contributed by atoms with Crippen molar-refractivity contribution < 1.29 is 38.9 Å². The molecule has 0 aliphatic carbocycles. The summed E-state index contributed by atoms with van der Waals surface area (Å²) < 4.78 is 10.9. The molecule has 3 atom stereocenters. The molecule has 0 saturated heterocycles. The van der Waals surface area contributed by atoms with E-state index >= 15 is 0 Å². The molecule has 4 N–H and O–H groups in total. The Labute approximate surface area is 259 Å². The number of carbonyl (C=O) groups excluding carboxylic acids is 4. The number of carbonyl (C=O) groups is 4. The molecule has 0 aliphatic rings. The molecule has 0 radical (unpaired) electrons. The number of ether oxygens (including phenoxy) is 2. The second-order valence-electron chi connectivity index (χ2n) is 12.6. The van der Waals surface area contributed by atoms with Crippen molar-refractivity contribution in [3.05, 3.63) is 70.8 Å². The van der Waals surface area contributed by atoms with E-state index in [0.29, 0.717) is 11.1 Å². The van der Waals surface area contributed by atoms with Gasteiger partial charge in [0.1, 0.15) is 29.3 Å². The molecule has 0 bridgehead atoms. The van der Waals surface area contributed by atoms with E-state index in [-0.39, 0.29) is 13.0 Å². The number of hydrogen-bond acceptors (Lipinski definition) is 8. The third-order valence-electron chi connectivity index (χ3n) is 6.59. The molecule has 2 aromatic carbocycles. The van der Waals surface area contributed by atoms with Gasteiger partial charge in [-0.15, -0.1) is 0 Å². The van der Waals surface area contributed by atoms with Crippen LogP contribution in [0.3, 0.4) is 0 Å². The Bertz CT molecular complexity index is 1280. The molecular formula is C33H47N3O8. The lowest BCUT2D eigenvalue weighted by Crippen LogP contribution is -2.56. The average Bonchev–Trinajstić information content (AvgIpc) is 2.91. The highest BCUT2D eigenvalue weighted by molar-refractivity contribution is 5.94. The Hall–Kier alpha value is -3.96. The number of nitrogens with zero attached hydrogens (tertiary/aromatic N) is 1. The molecule has 0 heterocycles. The van der Waals surface area contributed by atoms with Crippen LogP contribution in [0.5, 0.6) is 0 Å². The normalized spacial score (nSPS) is 13.7. The topological polar surface area (TPSA) is 154 Å². The number of nitrogens with one attached hydrogen (secondary N) is 2. The van der Waals surface area contributed by atoms with Crippen molar-refractivity contribution in [2.45, 2.75) is 91.1 Å². The van der Waals surface area contributed by atoms with Crippen molar-refractivity contribution in [2.75, 3.05) is 19.8 Å². The van der Waals surface area contributed by atoms with Gasteiger partial charge in [-0.25, -0.2) is 9.59 Å². The highest BCUT2D eigenvalue weighted by Gasteiger charge is 2.38. The number of aliphatic hydroxyl groups excluding tert-OH is 2. The lowest BCUT2D eigenvalue weighted by molar-refractivity contribution is -0.159. The largest absolute Gasteiger partial charge is 0.458 e. The molecule has 0 saturated carbocycles. The van der Waals surface area contributed by atoms with Gasteiger partial charge in [-0.1, -0.05) is 48.5 Å². The number of aliphatic hydroxyl groups is 2. The van der Waals surface area contributed by atoms with Crippen LogP contribution in [0.2, 0.25) is 0 Å². The third-order valence-corrected chi connectivity index (χ3v) is 6.59. The van der Waals surface area contributed by atoms with Gasteiger partial charge in [-0.2, -0.15) is 0 Å². The number of amides is 3. The van der Waals surface area contributed by atoms with Crippen LogP contribution in [0, 0.1) is 13.8 Å². The zero-order valence-corrected chi connectivity index (χ0v) is 27.0. The zero-order chi connectivity index (χ0) is 33.2. The zero-order valence-electron chi connectivity index (χ0n) is 27.0. The van der Waals surface area contributed by atoms with Crippen molar-refractivity contribution >= 4 is 23.9 Å². The minimum absolute atomic E-state index is 0.119. The molecule has 2 aromatic rings. The van der Waals surface area contributed by atoms with E-state index in [0.717, 1.165) is 16.0 Å². The Balaban J connectivity index is 2.58. The number of benzene rings is 2. The molecule has 0 aromatic heterocycles. The fraction of sp³-hybridized carbons (Fsp3) is 0.515. The van der Waals surface area contributed by atoms with Crippen LogP contribution < -0.4 is 10.6 Å². The highest BCUT2D eigenvalue weighted by atomic mass is 16.6. The van der Waals surface area contributed by atoms with Gasteiger partial charge in [-0.3, -0.25) is 9.59 Å². The summed E-state index contributed by atoms with van der Waals surface area (Å²) in [4.78, 5) is 55.1. The first kappa shape index (κ1) is 36.2. The van der Waals surface area contributed by atoms with Gasteiger partial charge in [0, 0.05) is 13.0 Å². The second-order valence-corrected chi connectivity index (χ2v) is 12.6. The predicted octanol–water partition coefficient (Wildman–Crippen LogP) is 3.12. The van der Waals surface area contributed by atoms with E-state index in [1.165, 1.54) is 0 Å². The van der Waals surface area contributed by atoms with Crippen LogP contribution in [-0.4, -0.2) is 82.0 Å². The standard InChI is InChI=1S/C33H47N3O8/c1-21-13-12-16-24(22(21)2)27(36(17-18-37)29(40)26(20-38)35-31(42)44-33(6,7)8)28(39)34-25(30(41)43-32(3,4)5)19-23-14-10-9-11-15-23/h9-16,25-27,37-38H,17-20H2,1-8H3,(H,34,39)(H,35,42). The minimum Gasteiger partial charge on any atom is -0.458 e. The minimum atomic E-state index is -1.48. The third kappa shape index (κ3) is 10.9. The maximum absolute atomic E-state index is 14.3. The first-order valence-corrected chi connectivity index (χ1v) is 14.6. The summed E-state index contributed by atoms with van der Waals surface area (Å²) in [6, 6.07) is 10.4. The summed E-state index contributed by atoms with van der Waals surface area (Å²) in [6.45, 7) is 12.1. The van der Waals surface area contributed by atoms with Gasteiger partial charge < -0.3 is 35.2 Å². The van der Waals surface area contributed by atoms with Crippen LogP contribution in [0.25, 0.3) is 0 Å². The van der Waals surface area contributed by atoms with Crippen molar-refractivity contribution in [1.82, 2.24) is 15.5 Å². The lowest BCUT2D eigenvalue weighted by Gasteiger charge is -2.35. The molecule has 11 heteroatoms. The van der Waals surface area contributed by atoms with E-state index in [2.05, 4.69) is 10.6 Å². The number of hydrogen-bond donors (Lipinski definition) is 4. The van der Waals surface area contributed by atoms with Gasteiger partial charge in [0.15, 0.2) is 0 Å². The molecule has 11 nitrogen and oxygen atoms in total. The Morgan fingerprint density at radius 2 is 1.43 bits per heavy atom. The number of alkyl carbamates (subject to hydrolysis) is 1. The Kier molecular flexibility index (Phi) is 12.9. The van der Waals surface area contributed by atoms with Crippen molar-refractivity contribution in [3.63, 3.8) is 0 Å². The van der Waals surface area contributed by atoms with Gasteiger partial charge in [0.2, 0.25) is 11.8 Å². The maximum Gasteiger partial charge on any atom is 0.408 e. The maximum atomic E-state index is 14.3. The van der Waals surface area contributed by atoms with Crippen LogP contribution in [-0.2, 0) is 30.3 Å². The second kappa shape index (κ2) is 15.7. The fourth-order valence-corrected chi connectivity index (χ4v) is 4.50. The first-order chi connectivity index (χ1) is 20.5. The van der Waals surface area contributed by atoms with Crippen LogP contribution in [0.1, 0.15) is 69.8 Å². The van der Waals surface area contributed by atoms with Gasteiger partial charge in [0.25, 0.3) is 0 Å². The predicted molar refractivity (Wildman–Crippen MR) is 166 cm³/mol. The molecule has 3 amide bonds. The Morgan fingerprint density at radius 1 is 0.818 bits per heavy atom. The summed E-state index contributed by atoms with van der Waals surface area (Å²) in [6.07, 6.45) is -0.816. The van der Waals surface area contributed by atoms with Crippen LogP contribution >= 0.6 is 0 Å². The Morgan fingerprint density at radius 3 is 1.98 bits per heavy atom. The highest BCUT2D eigenvalue weighted by Crippen LogP contribution is 2.28. The molecule has 2 rings (SSSR count). The van der Waals surface area contributed by atoms with Crippen molar-refractivity contribution in [2.24, 2.45) is 0 Å². The summed E-state index contributed by atoms with van der Waals surface area (Å²) >= 11 is 0. The summed E-state index contributed by atoms with van der Waals surface area (Å²) in [7, 11) is 0. The molecule has 242 valence electrons. The van der Waals surface area contributed by atoms with Crippen LogP contribution in [0.15, 0.2) is 48.5 Å². The first-order valence-electron chi connectivity index (χ1n) is 14.6. The molecule has 0 fully saturated rings. The molecule has 3 unspecified atom stereocenters. The summed E-state index contributed by atoms with van der Waals surface area (Å²) in [5.41, 5.74) is 1.08. The van der Waals surface area contributed by atoms with Gasteiger partial charge in [0.05, 0.1) is 13.2 Å². The molecular weight excluding hydrogens is 566 g/mol. The summed E-state index contributed by atoms with van der Waals surface area (Å²) in [5, 5.41) is 25.2. The van der Waals surface area contributed by atoms with E-state index in [1.807, 2.05) is 43.3 Å². The van der Waals surface area contributed by atoms with E-state index in [9.17, 15) is 29.4 Å². The van der Waals surface area contributed by atoms with E-state index in [4.69, 9.17) is 9.47 Å². The van der Waals surface area contributed by atoms with Crippen molar-refractivity contribution in [3.8, 4) is 0 Å². The van der Waals surface area contributed by atoms with Gasteiger partial charge >= 0.3 is 12.1 Å². The van der Waals surface area contributed by atoms with Gasteiger partial charge in [-0.05, 0) is 77.6 Å². The lowest BCUT2D eigenvalue weighted by atomic mass is 9.94. The van der Waals surface area contributed by atoms with E-state index < -0.39 is 66.4 Å². The number of rotatable bonds is 12. The summed E-state index contributed by atoms with van der Waals surface area (Å²) in [5.74, 6) is -2.19. The monoisotopic (exact) mass is 613 g/mol.